The Morgan fingerprint density at radius 1 is 1.05 bits per heavy atom. The second kappa shape index (κ2) is 11.3. The van der Waals surface area contributed by atoms with Crippen molar-refractivity contribution in [3.63, 3.8) is 0 Å². The molecule has 220 valence electrons. The summed E-state index contributed by atoms with van der Waals surface area (Å²) in [4.78, 5) is 23.5. The first-order valence-corrected chi connectivity index (χ1v) is 15.1. The predicted octanol–water partition coefficient (Wildman–Crippen LogP) is 5.39. The summed E-state index contributed by atoms with van der Waals surface area (Å²) in [5, 5.41) is 20.7. The predicted molar refractivity (Wildman–Crippen MR) is 162 cm³/mol. The van der Waals surface area contributed by atoms with Gasteiger partial charge in [0.1, 0.15) is 11.4 Å². The summed E-state index contributed by atoms with van der Waals surface area (Å²) in [6.07, 6.45) is 7.41. The number of hydrogen-bond donors (Lipinski definition) is 2. The van der Waals surface area contributed by atoms with Crippen LogP contribution in [-0.2, 0) is 10.4 Å². The molecule has 0 unspecified atom stereocenters. The number of likely N-dealkylation sites (tertiary alicyclic amines) is 1. The molecule has 3 aromatic rings. The van der Waals surface area contributed by atoms with Gasteiger partial charge in [-0.15, -0.1) is 0 Å². The standard InChI is InChI=1S/C33H46N6O2/c1-21(2)24-8-12-27(13-9-24)33(41,32(6)19-38(7)20-32)28-16-26(17-34-18-28)30-36-31(39(37-30)22(3)4)25-10-14-29(15-11-25)35-23(5)40/h8-9,12-13,16-18,21-22,25,29,41H,10-11,14-15,19-20H2,1-7H3,(H,35,40)/t25?,29?,33-/m0/s1. The summed E-state index contributed by atoms with van der Waals surface area (Å²) in [7, 11) is 2.09. The molecule has 3 heterocycles. The molecule has 2 aliphatic rings. The Hall–Kier alpha value is -3.10. The summed E-state index contributed by atoms with van der Waals surface area (Å²) in [6.45, 7) is 13.9. The molecule has 1 atom stereocenters. The van der Waals surface area contributed by atoms with E-state index in [0.29, 0.717) is 17.7 Å². The molecule has 0 spiro atoms. The number of aromatic nitrogens is 4. The van der Waals surface area contributed by atoms with Crippen LogP contribution in [0.3, 0.4) is 0 Å². The number of pyridine rings is 1. The van der Waals surface area contributed by atoms with E-state index >= 15 is 0 Å². The zero-order chi connectivity index (χ0) is 29.5. The zero-order valence-corrected chi connectivity index (χ0v) is 25.7. The molecule has 2 aromatic heterocycles. The third-order valence-electron chi connectivity index (χ3n) is 9.17. The van der Waals surface area contributed by atoms with Crippen molar-refractivity contribution in [1.29, 1.82) is 0 Å². The number of aliphatic hydroxyl groups is 1. The molecule has 0 radical (unpaired) electrons. The smallest absolute Gasteiger partial charge is 0.217 e. The maximum Gasteiger partial charge on any atom is 0.217 e. The third kappa shape index (κ3) is 5.56. The summed E-state index contributed by atoms with van der Waals surface area (Å²) in [5.41, 5.74) is 2.12. The van der Waals surface area contributed by atoms with Crippen molar-refractivity contribution in [1.82, 2.24) is 30.0 Å². The van der Waals surface area contributed by atoms with Crippen molar-refractivity contribution in [2.45, 2.75) is 96.7 Å². The molecule has 0 bridgehead atoms. The highest BCUT2D eigenvalue weighted by Gasteiger charge is 2.55. The second-order valence-corrected chi connectivity index (χ2v) is 13.3. The Balaban J connectivity index is 1.50. The SMILES string of the molecule is CC(=O)NC1CCC(c2nc(-c3cncc([C@@](O)(c4ccc(C(C)C)cc4)C4(C)CN(C)C4)c3)nn2C(C)C)CC1. The second-order valence-electron chi connectivity index (χ2n) is 13.3. The molecule has 8 nitrogen and oxygen atoms in total. The minimum atomic E-state index is -1.22. The lowest BCUT2D eigenvalue weighted by Crippen LogP contribution is -2.63. The van der Waals surface area contributed by atoms with Crippen LogP contribution in [0.4, 0.5) is 0 Å². The van der Waals surface area contributed by atoms with Crippen LogP contribution in [-0.4, -0.2) is 61.8 Å². The van der Waals surface area contributed by atoms with Crippen molar-refractivity contribution in [3.05, 3.63) is 65.2 Å². The minimum Gasteiger partial charge on any atom is -0.380 e. The summed E-state index contributed by atoms with van der Waals surface area (Å²) < 4.78 is 2.05. The lowest BCUT2D eigenvalue weighted by Gasteiger charge is -2.55. The van der Waals surface area contributed by atoms with Gasteiger partial charge in [0.15, 0.2) is 5.82 Å². The van der Waals surface area contributed by atoms with Gasteiger partial charge in [0.25, 0.3) is 0 Å². The summed E-state index contributed by atoms with van der Waals surface area (Å²) >= 11 is 0. The fourth-order valence-corrected chi connectivity index (χ4v) is 7.01. The molecular weight excluding hydrogens is 512 g/mol. The topological polar surface area (TPSA) is 96.2 Å². The molecule has 41 heavy (non-hydrogen) atoms. The van der Waals surface area contributed by atoms with Crippen LogP contribution in [0, 0.1) is 5.41 Å². The van der Waals surface area contributed by atoms with E-state index in [4.69, 9.17) is 10.1 Å². The van der Waals surface area contributed by atoms with E-state index < -0.39 is 5.60 Å². The first kappa shape index (κ1) is 29.4. The number of carbonyl (C=O) groups excluding carboxylic acids is 1. The number of amides is 1. The molecule has 1 aliphatic heterocycles. The Kier molecular flexibility index (Phi) is 8.09. The lowest BCUT2D eigenvalue weighted by atomic mass is 9.62. The summed E-state index contributed by atoms with van der Waals surface area (Å²) in [5.74, 6) is 2.38. The lowest BCUT2D eigenvalue weighted by molar-refractivity contribution is -0.127. The van der Waals surface area contributed by atoms with Gasteiger partial charge in [-0.25, -0.2) is 9.67 Å². The Morgan fingerprint density at radius 2 is 1.71 bits per heavy atom. The van der Waals surface area contributed by atoms with E-state index in [1.807, 2.05) is 10.7 Å². The van der Waals surface area contributed by atoms with Crippen LogP contribution in [0.2, 0.25) is 0 Å². The van der Waals surface area contributed by atoms with Crippen LogP contribution >= 0.6 is 0 Å². The van der Waals surface area contributed by atoms with Gasteiger partial charge in [0.05, 0.1) is 0 Å². The van der Waals surface area contributed by atoms with Crippen molar-refractivity contribution in [2.24, 2.45) is 5.41 Å². The normalized spacial score (nSPS) is 22.4. The molecule has 2 N–H and O–H groups in total. The fraction of sp³-hybridized carbons (Fsp3) is 0.576. The first-order chi connectivity index (χ1) is 19.4. The van der Waals surface area contributed by atoms with Crippen LogP contribution in [0.5, 0.6) is 0 Å². The highest BCUT2D eigenvalue weighted by atomic mass is 16.3. The number of rotatable bonds is 8. The van der Waals surface area contributed by atoms with E-state index in [-0.39, 0.29) is 23.4 Å². The van der Waals surface area contributed by atoms with Gasteiger partial charge in [-0.05, 0) is 69.7 Å². The fourth-order valence-electron chi connectivity index (χ4n) is 7.01. The van der Waals surface area contributed by atoms with Gasteiger partial charge in [-0.2, -0.15) is 5.10 Å². The van der Waals surface area contributed by atoms with Crippen molar-refractivity contribution in [3.8, 4) is 11.4 Å². The summed E-state index contributed by atoms with van der Waals surface area (Å²) in [6, 6.07) is 10.8. The van der Waals surface area contributed by atoms with E-state index in [0.717, 1.165) is 61.3 Å². The minimum absolute atomic E-state index is 0.0340. The maximum atomic E-state index is 12.6. The average Bonchev–Trinajstić information content (AvgIpc) is 3.38. The van der Waals surface area contributed by atoms with Crippen molar-refractivity contribution >= 4 is 5.91 Å². The third-order valence-corrected chi connectivity index (χ3v) is 9.17. The molecule has 5 rings (SSSR count). The molecule has 8 heteroatoms. The Bertz CT molecular complexity index is 1370. The van der Waals surface area contributed by atoms with Crippen LogP contribution in [0.15, 0.2) is 42.7 Å². The van der Waals surface area contributed by atoms with Crippen molar-refractivity contribution < 1.29 is 9.90 Å². The molecule has 2 fully saturated rings. The number of nitrogens with one attached hydrogen (secondary N) is 1. The highest BCUT2D eigenvalue weighted by molar-refractivity contribution is 5.73. The van der Waals surface area contributed by atoms with Crippen LogP contribution < -0.4 is 5.32 Å². The van der Waals surface area contributed by atoms with E-state index in [2.05, 4.69) is 81.1 Å². The Labute approximate surface area is 244 Å². The number of hydrogen-bond acceptors (Lipinski definition) is 6. The van der Waals surface area contributed by atoms with E-state index in [1.165, 1.54) is 5.56 Å². The zero-order valence-electron chi connectivity index (χ0n) is 25.7. The number of carbonyl (C=O) groups is 1. The van der Waals surface area contributed by atoms with Gasteiger partial charge >= 0.3 is 0 Å². The largest absolute Gasteiger partial charge is 0.380 e. The van der Waals surface area contributed by atoms with Gasteiger partial charge in [-0.1, -0.05) is 45.0 Å². The maximum absolute atomic E-state index is 12.6. The molecule has 1 saturated carbocycles. The van der Waals surface area contributed by atoms with Gasteiger partial charge in [0, 0.05) is 67.0 Å². The molecule has 1 aliphatic carbocycles. The van der Waals surface area contributed by atoms with Gasteiger partial charge in [0.2, 0.25) is 5.91 Å². The van der Waals surface area contributed by atoms with Crippen LogP contribution in [0.25, 0.3) is 11.4 Å². The average molecular weight is 559 g/mol. The molecule has 1 saturated heterocycles. The molecule has 1 amide bonds. The number of benzene rings is 1. The monoisotopic (exact) mass is 558 g/mol. The number of nitrogens with zero attached hydrogens (tertiary/aromatic N) is 5. The van der Waals surface area contributed by atoms with Crippen LogP contribution in [0.1, 0.15) is 108 Å². The quantitative estimate of drug-likeness (QED) is 0.385. The van der Waals surface area contributed by atoms with E-state index in [1.54, 1.807) is 19.3 Å². The molecule has 1 aromatic carbocycles. The highest BCUT2D eigenvalue weighted by Crippen LogP contribution is 2.50. The first-order valence-electron chi connectivity index (χ1n) is 15.1. The van der Waals surface area contributed by atoms with E-state index in [9.17, 15) is 9.90 Å². The van der Waals surface area contributed by atoms with Gasteiger partial charge < -0.3 is 15.3 Å². The van der Waals surface area contributed by atoms with Crippen molar-refractivity contribution in [2.75, 3.05) is 20.1 Å². The van der Waals surface area contributed by atoms with Gasteiger partial charge in [-0.3, -0.25) is 9.78 Å². The molecular formula is C33H46N6O2. The Morgan fingerprint density at radius 3 is 2.27 bits per heavy atom.